The van der Waals surface area contributed by atoms with Crippen LogP contribution >= 0.6 is 7.80 Å². The summed E-state index contributed by atoms with van der Waals surface area (Å²) in [6.45, 7) is 1.93. The lowest BCUT2D eigenvalue weighted by molar-refractivity contribution is 0.103. The molecule has 3 heteroatoms. The van der Waals surface area contributed by atoms with E-state index in [0.717, 1.165) is 10.9 Å². The predicted molar refractivity (Wildman–Crippen MR) is 94.4 cm³/mol. The molecule has 0 aliphatic rings. The van der Waals surface area contributed by atoms with Gasteiger partial charge in [-0.25, -0.2) is 0 Å². The highest BCUT2D eigenvalue weighted by atomic mass is 31.1. The van der Waals surface area contributed by atoms with Gasteiger partial charge in [-0.05, 0) is 31.2 Å². The smallest absolute Gasteiger partial charge is 0.288 e. The molecule has 0 aliphatic heterocycles. The van der Waals surface area contributed by atoms with Crippen LogP contribution in [0.4, 0.5) is 0 Å². The van der Waals surface area contributed by atoms with Crippen LogP contribution in [0, 0.1) is 6.92 Å². The van der Waals surface area contributed by atoms with Gasteiger partial charge in [0, 0.05) is 5.56 Å². The van der Waals surface area contributed by atoms with Crippen molar-refractivity contribution in [3.63, 3.8) is 0 Å². The van der Waals surface area contributed by atoms with Crippen molar-refractivity contribution in [2.45, 2.75) is 6.92 Å². The summed E-state index contributed by atoms with van der Waals surface area (Å²) in [7, 11) is -1.80. The molecule has 23 heavy (non-hydrogen) atoms. The zero-order valence-corrected chi connectivity index (χ0v) is 13.7. The summed E-state index contributed by atoms with van der Waals surface area (Å²) in [5.41, 5.74) is 2.10. The average Bonchev–Trinajstić information content (AvgIpc) is 2.62. The number of carbonyl (C=O) groups is 1. The molecule has 2 nitrogen and oxygen atoms in total. The van der Waals surface area contributed by atoms with Crippen molar-refractivity contribution in [1.29, 1.82) is 0 Å². The first-order chi connectivity index (χ1) is 11.2. The molecule has 3 aromatic carbocycles. The fraction of sp³-hybridized carbons (Fsp3) is 0.0500. The number of hydrogen-bond acceptors (Lipinski definition) is 2. The van der Waals surface area contributed by atoms with Gasteiger partial charge in [-0.1, -0.05) is 64.7 Å². The molecule has 0 amide bonds. The van der Waals surface area contributed by atoms with Crippen molar-refractivity contribution in [2.24, 2.45) is 0 Å². The molecule has 3 rings (SSSR count). The Morgan fingerprint density at radius 1 is 0.826 bits per heavy atom. The van der Waals surface area contributed by atoms with Crippen molar-refractivity contribution < 1.29 is 9.36 Å². The van der Waals surface area contributed by atoms with Crippen LogP contribution in [-0.2, 0) is 4.57 Å². The van der Waals surface area contributed by atoms with E-state index in [0.29, 0.717) is 16.4 Å². The van der Waals surface area contributed by atoms with Crippen molar-refractivity contribution in [2.75, 3.05) is 0 Å². The second-order valence-electron chi connectivity index (χ2n) is 5.35. The lowest BCUT2D eigenvalue weighted by Crippen LogP contribution is -2.17. The van der Waals surface area contributed by atoms with E-state index in [-0.39, 0.29) is 5.78 Å². The molecule has 0 heterocycles. The van der Waals surface area contributed by atoms with Crippen LogP contribution < -0.4 is 10.6 Å². The highest BCUT2D eigenvalue weighted by molar-refractivity contribution is 7.61. The topological polar surface area (TPSA) is 34.1 Å². The van der Waals surface area contributed by atoms with Gasteiger partial charge in [0.05, 0.1) is 5.56 Å². The summed E-state index contributed by atoms with van der Waals surface area (Å²) in [5, 5.41) is 1.32. The third kappa shape index (κ3) is 3.28. The van der Waals surface area contributed by atoms with Gasteiger partial charge in [0.15, 0.2) is 11.1 Å². The maximum absolute atomic E-state index is 12.9. The van der Waals surface area contributed by atoms with E-state index in [1.165, 1.54) is 0 Å². The van der Waals surface area contributed by atoms with Crippen LogP contribution in [0.25, 0.3) is 0 Å². The fourth-order valence-corrected chi connectivity index (χ4v) is 3.77. The molecule has 112 valence electrons. The first-order valence-corrected chi connectivity index (χ1v) is 8.65. The van der Waals surface area contributed by atoms with Crippen molar-refractivity contribution >= 4 is 24.2 Å². The van der Waals surface area contributed by atoms with E-state index in [1.807, 2.05) is 67.6 Å². The van der Waals surface area contributed by atoms with E-state index in [9.17, 15) is 9.36 Å². The van der Waals surface area contributed by atoms with E-state index in [1.54, 1.807) is 18.2 Å². The number of aryl methyl sites for hydroxylation is 1. The normalized spacial score (nSPS) is 11.1. The summed E-state index contributed by atoms with van der Waals surface area (Å²) in [6, 6.07) is 23.9. The molecule has 3 aromatic rings. The zero-order chi connectivity index (χ0) is 16.2. The predicted octanol–water partition coefficient (Wildman–Crippen LogP) is 4.00. The highest BCUT2D eigenvalue weighted by Crippen LogP contribution is 2.24. The van der Waals surface area contributed by atoms with Crippen LogP contribution in [0.3, 0.4) is 0 Å². The molecule has 0 radical (unpaired) electrons. The molecule has 0 aliphatic carbocycles. The van der Waals surface area contributed by atoms with E-state index in [4.69, 9.17) is 0 Å². The minimum atomic E-state index is -1.80. The third-order valence-corrected chi connectivity index (χ3v) is 5.24. The molecular weight excluding hydrogens is 303 g/mol. The first kappa shape index (κ1) is 15.3. The number of ketones is 1. The fourth-order valence-electron chi connectivity index (χ4n) is 2.46. The summed E-state index contributed by atoms with van der Waals surface area (Å²) >= 11 is 0. The minimum absolute atomic E-state index is 0.0939. The summed E-state index contributed by atoms with van der Waals surface area (Å²) in [4.78, 5) is 12.8. The van der Waals surface area contributed by atoms with Crippen LogP contribution in [0.1, 0.15) is 21.5 Å². The Morgan fingerprint density at radius 3 is 2.09 bits per heavy atom. The van der Waals surface area contributed by atoms with E-state index < -0.39 is 7.80 Å². The second-order valence-corrected chi connectivity index (χ2v) is 6.93. The molecule has 0 spiro atoms. The maximum Gasteiger partial charge on any atom is 0.416 e. The Bertz CT molecular complexity index is 855. The van der Waals surface area contributed by atoms with Gasteiger partial charge in [-0.3, -0.25) is 4.79 Å². The Labute approximate surface area is 136 Å². The third-order valence-electron chi connectivity index (χ3n) is 3.64. The van der Waals surface area contributed by atoms with Crippen LogP contribution in [0.15, 0.2) is 78.9 Å². The van der Waals surface area contributed by atoms with E-state index in [2.05, 4.69) is 0 Å². The molecule has 0 aromatic heterocycles. The van der Waals surface area contributed by atoms with Crippen molar-refractivity contribution in [3.05, 3.63) is 95.6 Å². The van der Waals surface area contributed by atoms with Crippen molar-refractivity contribution in [3.8, 4) is 0 Å². The Balaban J connectivity index is 2.09. The number of carbonyl (C=O) groups excluding carboxylic acids is 1. The number of hydrogen-bond donors (Lipinski definition) is 0. The molecule has 0 N–H and O–H groups in total. The van der Waals surface area contributed by atoms with Crippen molar-refractivity contribution in [1.82, 2.24) is 0 Å². The van der Waals surface area contributed by atoms with Gasteiger partial charge >= 0.3 is 7.80 Å². The average molecular weight is 319 g/mol. The zero-order valence-electron chi connectivity index (χ0n) is 12.8. The van der Waals surface area contributed by atoms with Crippen LogP contribution in [0.5, 0.6) is 0 Å². The van der Waals surface area contributed by atoms with Gasteiger partial charge < -0.3 is 0 Å². The lowest BCUT2D eigenvalue weighted by Gasteiger charge is -2.03. The number of benzene rings is 3. The van der Waals surface area contributed by atoms with E-state index >= 15 is 0 Å². The molecule has 0 fully saturated rings. The Kier molecular flexibility index (Phi) is 4.45. The maximum atomic E-state index is 12.9. The number of rotatable bonds is 4. The molecular formula is C20H16O2P+. The van der Waals surface area contributed by atoms with Gasteiger partial charge in [-0.2, -0.15) is 0 Å². The second kappa shape index (κ2) is 6.68. The summed E-state index contributed by atoms with van der Waals surface area (Å²) in [5.74, 6) is -0.0939. The monoisotopic (exact) mass is 319 g/mol. The Hall–Kier alpha value is -2.57. The first-order valence-electron chi connectivity index (χ1n) is 7.39. The SMILES string of the molecule is Cc1ccc([P+](=O)c2ccccc2)c(C(=O)c2ccccc2)c1. The minimum Gasteiger partial charge on any atom is -0.288 e. The largest absolute Gasteiger partial charge is 0.416 e. The highest BCUT2D eigenvalue weighted by Gasteiger charge is 2.29. The summed E-state index contributed by atoms with van der Waals surface area (Å²) < 4.78 is 12.9. The molecule has 0 bridgehead atoms. The lowest BCUT2D eigenvalue weighted by atomic mass is 10.0. The van der Waals surface area contributed by atoms with Gasteiger partial charge in [0.25, 0.3) is 0 Å². The molecule has 0 saturated heterocycles. The van der Waals surface area contributed by atoms with Crippen LogP contribution in [-0.4, -0.2) is 5.78 Å². The van der Waals surface area contributed by atoms with Gasteiger partial charge in [0.1, 0.15) is 0 Å². The van der Waals surface area contributed by atoms with Crippen LogP contribution in [0.2, 0.25) is 0 Å². The quantitative estimate of drug-likeness (QED) is 0.538. The molecule has 0 saturated carbocycles. The standard InChI is InChI=1S/C20H16O2P/c1-15-12-13-19(23(22)17-10-6-3-7-11-17)18(14-15)20(21)16-8-4-2-5-9-16/h2-14H,1H3/q+1. The Morgan fingerprint density at radius 2 is 1.43 bits per heavy atom. The van der Waals surface area contributed by atoms with Gasteiger partial charge in [-0.15, -0.1) is 0 Å². The molecule has 1 unspecified atom stereocenters. The summed E-state index contributed by atoms with van der Waals surface area (Å²) in [6.07, 6.45) is 0. The van der Waals surface area contributed by atoms with Gasteiger partial charge in [0.2, 0.25) is 5.30 Å². The molecule has 1 atom stereocenters.